The Morgan fingerprint density at radius 2 is 1.65 bits per heavy atom. The molecule has 0 bridgehead atoms. The summed E-state index contributed by atoms with van der Waals surface area (Å²) < 4.78 is 0. The number of halogens is 3. The molecule has 5 heteroatoms. The van der Waals surface area contributed by atoms with Crippen molar-refractivity contribution in [3.63, 3.8) is 0 Å². The monoisotopic (exact) mass is 293 g/mol. The van der Waals surface area contributed by atoms with Gasteiger partial charge in [-0.15, -0.1) is 0 Å². The van der Waals surface area contributed by atoms with Crippen LogP contribution in [0.4, 0.5) is 5.69 Å². The van der Waals surface area contributed by atoms with Gasteiger partial charge in [0.15, 0.2) is 0 Å². The van der Waals surface area contributed by atoms with E-state index in [1.54, 1.807) is 12.1 Å². The molecular formula is C12H14Cl3NO. The van der Waals surface area contributed by atoms with Crippen molar-refractivity contribution in [2.24, 2.45) is 0 Å². The molecule has 1 aliphatic rings. The number of benzene rings is 1. The zero-order chi connectivity index (χ0) is 12.4. The van der Waals surface area contributed by atoms with Gasteiger partial charge in [-0.2, -0.15) is 0 Å². The summed E-state index contributed by atoms with van der Waals surface area (Å²) in [5.41, 5.74) is 0.656. The molecule has 0 amide bonds. The van der Waals surface area contributed by atoms with Crippen LogP contribution < -0.4 is 5.32 Å². The number of hydrogen-bond donors (Lipinski definition) is 2. The molecule has 0 spiro atoms. The van der Waals surface area contributed by atoms with Gasteiger partial charge in [0.1, 0.15) is 0 Å². The summed E-state index contributed by atoms with van der Waals surface area (Å²) in [4.78, 5) is 0. The van der Waals surface area contributed by atoms with Crippen LogP contribution in [0.5, 0.6) is 0 Å². The summed E-state index contributed by atoms with van der Waals surface area (Å²) in [7, 11) is 0. The maximum atomic E-state index is 9.89. The van der Waals surface area contributed by atoms with Gasteiger partial charge in [-0.3, -0.25) is 0 Å². The maximum Gasteiger partial charge on any atom is 0.0741 e. The smallest absolute Gasteiger partial charge is 0.0741 e. The van der Waals surface area contributed by atoms with E-state index in [0.717, 1.165) is 25.7 Å². The molecule has 94 valence electrons. The third kappa shape index (κ3) is 3.19. The van der Waals surface area contributed by atoms with E-state index in [1.807, 2.05) is 0 Å². The highest BCUT2D eigenvalue weighted by atomic mass is 35.5. The van der Waals surface area contributed by atoms with E-state index in [9.17, 15) is 5.11 Å². The minimum Gasteiger partial charge on any atom is -0.391 e. The topological polar surface area (TPSA) is 32.3 Å². The van der Waals surface area contributed by atoms with Crippen LogP contribution in [0.15, 0.2) is 12.1 Å². The van der Waals surface area contributed by atoms with Crippen molar-refractivity contribution in [3.05, 3.63) is 27.2 Å². The molecule has 2 N–H and O–H groups in total. The number of aliphatic hydroxyl groups is 1. The maximum absolute atomic E-state index is 9.89. The van der Waals surface area contributed by atoms with Crippen molar-refractivity contribution >= 4 is 40.5 Å². The minimum absolute atomic E-state index is 0.0138. The van der Waals surface area contributed by atoms with E-state index < -0.39 is 0 Å². The molecule has 2 rings (SSSR count). The van der Waals surface area contributed by atoms with Gasteiger partial charge in [0.05, 0.1) is 27.9 Å². The number of aliphatic hydroxyl groups excluding tert-OH is 1. The molecule has 0 aliphatic heterocycles. The van der Waals surface area contributed by atoms with Crippen molar-refractivity contribution < 1.29 is 5.11 Å². The summed E-state index contributed by atoms with van der Waals surface area (Å²) >= 11 is 18.0. The molecule has 0 aromatic heterocycles. The van der Waals surface area contributed by atoms with Crippen LogP contribution >= 0.6 is 34.8 Å². The quantitative estimate of drug-likeness (QED) is 0.849. The molecule has 1 aliphatic carbocycles. The highest BCUT2D eigenvalue weighted by Crippen LogP contribution is 2.35. The van der Waals surface area contributed by atoms with Gasteiger partial charge in [-0.25, -0.2) is 0 Å². The predicted molar refractivity (Wildman–Crippen MR) is 73.4 cm³/mol. The zero-order valence-corrected chi connectivity index (χ0v) is 11.5. The highest BCUT2D eigenvalue weighted by molar-refractivity contribution is 6.41. The van der Waals surface area contributed by atoms with Gasteiger partial charge in [-0.05, 0) is 25.0 Å². The average Bonchev–Trinajstić information content (AvgIpc) is 2.25. The second-order valence-corrected chi connectivity index (χ2v) is 5.60. The first-order valence-corrected chi connectivity index (χ1v) is 6.80. The molecule has 1 aromatic carbocycles. The van der Waals surface area contributed by atoms with Crippen LogP contribution in [-0.2, 0) is 0 Å². The van der Waals surface area contributed by atoms with Gasteiger partial charge in [0.2, 0.25) is 0 Å². The standard InChI is InChI=1S/C12H14Cl3NO/c13-7-5-8(14)12(9(15)6-7)16-10-3-1-2-4-11(10)17/h5-6,10-11,16-17H,1-4H2. The Morgan fingerprint density at radius 1 is 1.06 bits per heavy atom. The van der Waals surface area contributed by atoms with Crippen LogP contribution in [0, 0.1) is 0 Å². The third-order valence-corrected chi connectivity index (χ3v) is 3.88. The summed E-state index contributed by atoms with van der Waals surface area (Å²) in [6.45, 7) is 0. The van der Waals surface area contributed by atoms with Crippen molar-refractivity contribution in [2.75, 3.05) is 5.32 Å². The molecule has 0 heterocycles. The molecule has 1 fully saturated rings. The molecule has 1 aromatic rings. The third-order valence-electron chi connectivity index (χ3n) is 3.07. The van der Waals surface area contributed by atoms with E-state index in [2.05, 4.69) is 5.32 Å². The van der Waals surface area contributed by atoms with E-state index in [0.29, 0.717) is 20.8 Å². The van der Waals surface area contributed by atoms with Gasteiger partial charge in [-0.1, -0.05) is 47.6 Å². The van der Waals surface area contributed by atoms with Crippen LogP contribution in [0.25, 0.3) is 0 Å². The first-order chi connectivity index (χ1) is 8.08. The Labute approximate surface area is 116 Å². The molecular weight excluding hydrogens is 280 g/mol. The summed E-state index contributed by atoms with van der Waals surface area (Å²) in [6.07, 6.45) is 3.59. The summed E-state index contributed by atoms with van der Waals surface area (Å²) in [5.74, 6) is 0. The Bertz CT molecular complexity index is 388. The fraction of sp³-hybridized carbons (Fsp3) is 0.500. The number of rotatable bonds is 2. The lowest BCUT2D eigenvalue weighted by Crippen LogP contribution is -2.36. The molecule has 2 unspecified atom stereocenters. The van der Waals surface area contributed by atoms with Gasteiger partial charge < -0.3 is 10.4 Å². The lowest BCUT2D eigenvalue weighted by molar-refractivity contribution is 0.116. The second-order valence-electron chi connectivity index (χ2n) is 4.35. The molecule has 17 heavy (non-hydrogen) atoms. The van der Waals surface area contributed by atoms with Gasteiger partial charge in [0, 0.05) is 5.02 Å². The number of nitrogens with one attached hydrogen (secondary N) is 1. The normalized spacial score (nSPS) is 24.7. The van der Waals surface area contributed by atoms with Crippen LogP contribution in [0.3, 0.4) is 0 Å². The van der Waals surface area contributed by atoms with Gasteiger partial charge >= 0.3 is 0 Å². The number of anilines is 1. The molecule has 2 nitrogen and oxygen atoms in total. The fourth-order valence-corrected chi connectivity index (χ4v) is 3.07. The molecule has 2 atom stereocenters. The highest BCUT2D eigenvalue weighted by Gasteiger charge is 2.24. The molecule has 0 saturated heterocycles. The van der Waals surface area contributed by atoms with E-state index in [1.165, 1.54) is 0 Å². The Balaban J connectivity index is 2.17. The Hall–Kier alpha value is -0.150. The Morgan fingerprint density at radius 3 is 2.24 bits per heavy atom. The second kappa shape index (κ2) is 5.66. The summed E-state index contributed by atoms with van der Waals surface area (Å²) in [6, 6.07) is 3.30. The first kappa shape index (κ1) is 13.3. The van der Waals surface area contributed by atoms with Crippen molar-refractivity contribution in [1.29, 1.82) is 0 Å². The molecule has 1 saturated carbocycles. The summed E-state index contributed by atoms with van der Waals surface area (Å²) in [5, 5.41) is 14.6. The van der Waals surface area contributed by atoms with Crippen LogP contribution in [0.2, 0.25) is 15.1 Å². The molecule has 0 radical (unpaired) electrons. The van der Waals surface area contributed by atoms with E-state index in [4.69, 9.17) is 34.8 Å². The van der Waals surface area contributed by atoms with E-state index >= 15 is 0 Å². The largest absolute Gasteiger partial charge is 0.391 e. The van der Waals surface area contributed by atoms with Gasteiger partial charge in [0.25, 0.3) is 0 Å². The van der Waals surface area contributed by atoms with Crippen LogP contribution in [-0.4, -0.2) is 17.3 Å². The average molecular weight is 295 g/mol. The lowest BCUT2D eigenvalue weighted by atomic mass is 9.92. The first-order valence-electron chi connectivity index (χ1n) is 5.67. The minimum atomic E-state index is -0.341. The lowest BCUT2D eigenvalue weighted by Gasteiger charge is -2.29. The van der Waals surface area contributed by atoms with Crippen LogP contribution in [0.1, 0.15) is 25.7 Å². The Kier molecular flexibility index (Phi) is 4.42. The van der Waals surface area contributed by atoms with Crippen molar-refractivity contribution in [3.8, 4) is 0 Å². The SMILES string of the molecule is OC1CCCCC1Nc1c(Cl)cc(Cl)cc1Cl. The fourth-order valence-electron chi connectivity index (χ4n) is 2.15. The van der Waals surface area contributed by atoms with Crippen molar-refractivity contribution in [2.45, 2.75) is 37.8 Å². The number of hydrogen-bond acceptors (Lipinski definition) is 2. The predicted octanol–water partition coefficient (Wildman–Crippen LogP) is 4.36. The van der Waals surface area contributed by atoms with E-state index in [-0.39, 0.29) is 12.1 Å². The van der Waals surface area contributed by atoms with Crippen molar-refractivity contribution in [1.82, 2.24) is 0 Å². The zero-order valence-electron chi connectivity index (χ0n) is 9.22.